The lowest BCUT2D eigenvalue weighted by molar-refractivity contribution is -0.386. The predicted octanol–water partition coefficient (Wildman–Crippen LogP) is 5.73. The van der Waals surface area contributed by atoms with E-state index in [0.717, 1.165) is 17.3 Å². The topological polar surface area (TPSA) is 99.6 Å². The summed E-state index contributed by atoms with van der Waals surface area (Å²) in [6.45, 7) is 5.56. The summed E-state index contributed by atoms with van der Waals surface area (Å²) in [6.07, 6.45) is 3.41. The van der Waals surface area contributed by atoms with Crippen LogP contribution >= 0.6 is 27.5 Å². The Bertz CT molecular complexity index is 1260. The van der Waals surface area contributed by atoms with Crippen molar-refractivity contribution in [2.24, 2.45) is 5.10 Å². The van der Waals surface area contributed by atoms with Crippen molar-refractivity contribution < 1.29 is 9.66 Å². The number of aromatic nitrogens is 2. The summed E-state index contributed by atoms with van der Waals surface area (Å²) >= 11 is 9.63. The first-order valence-electron chi connectivity index (χ1n) is 10.1. The normalized spacial score (nSPS) is 11.6. The number of aryl methyl sites for hydroxylation is 1. The molecule has 3 aromatic rings. The number of benzene rings is 2. The zero-order valence-electron chi connectivity index (χ0n) is 17.8. The predicted molar refractivity (Wildman–Crippen MR) is 129 cm³/mol. The van der Waals surface area contributed by atoms with Crippen molar-refractivity contribution in [1.29, 1.82) is 0 Å². The number of fused-ring (bicyclic) bond motifs is 1. The molecular formula is C22H22BrClN4O4. The Kier molecular flexibility index (Phi) is 7.63. The number of rotatable bonds is 8. The molecular weight excluding hydrogens is 500 g/mol. The molecule has 0 unspecified atom stereocenters. The van der Waals surface area contributed by atoms with Gasteiger partial charge in [-0.05, 0) is 44.5 Å². The second kappa shape index (κ2) is 10.2. The second-order valence-electron chi connectivity index (χ2n) is 7.43. The summed E-state index contributed by atoms with van der Waals surface area (Å²) in [5, 5.41) is 16.4. The molecule has 0 aliphatic carbocycles. The van der Waals surface area contributed by atoms with Crippen LogP contribution in [-0.4, -0.2) is 26.9 Å². The molecule has 0 aliphatic heterocycles. The van der Waals surface area contributed by atoms with Gasteiger partial charge in [0.15, 0.2) is 0 Å². The summed E-state index contributed by atoms with van der Waals surface area (Å²) < 4.78 is 7.50. The monoisotopic (exact) mass is 520 g/mol. The summed E-state index contributed by atoms with van der Waals surface area (Å²) in [5.74, 6) is 0.519. The zero-order chi connectivity index (χ0) is 23.4. The van der Waals surface area contributed by atoms with Crippen LogP contribution in [0.3, 0.4) is 0 Å². The van der Waals surface area contributed by atoms with Gasteiger partial charge in [0.1, 0.15) is 5.82 Å². The van der Waals surface area contributed by atoms with Crippen LogP contribution in [0.2, 0.25) is 5.02 Å². The largest absolute Gasteiger partial charge is 0.483 e. The van der Waals surface area contributed by atoms with Crippen molar-refractivity contribution in [3.63, 3.8) is 0 Å². The number of nitrogens with zero attached hydrogens (tertiary/aromatic N) is 4. The van der Waals surface area contributed by atoms with Gasteiger partial charge < -0.3 is 4.74 Å². The number of halogens is 2. The van der Waals surface area contributed by atoms with Crippen molar-refractivity contribution in [2.75, 3.05) is 0 Å². The van der Waals surface area contributed by atoms with Crippen LogP contribution in [0.1, 0.15) is 45.0 Å². The first kappa shape index (κ1) is 23.9. The number of unbranched alkanes of at least 4 members (excludes halogenated alkanes) is 1. The highest BCUT2D eigenvalue weighted by atomic mass is 79.9. The Balaban J connectivity index is 2.12. The molecule has 168 valence electrons. The molecule has 1 heterocycles. The lowest BCUT2D eigenvalue weighted by Gasteiger charge is -2.12. The average Bonchev–Trinajstić information content (AvgIpc) is 2.73. The van der Waals surface area contributed by atoms with Crippen LogP contribution < -0.4 is 10.3 Å². The molecule has 1 aromatic heterocycles. The lowest BCUT2D eigenvalue weighted by atomic mass is 10.2. The number of nitro benzene ring substituents is 1. The highest BCUT2D eigenvalue weighted by molar-refractivity contribution is 9.10. The van der Waals surface area contributed by atoms with E-state index >= 15 is 0 Å². The van der Waals surface area contributed by atoms with Gasteiger partial charge in [0.25, 0.3) is 5.56 Å². The molecule has 3 rings (SSSR count). The maximum absolute atomic E-state index is 13.1. The molecule has 0 saturated carbocycles. The van der Waals surface area contributed by atoms with E-state index in [4.69, 9.17) is 16.3 Å². The molecule has 0 bridgehead atoms. The Morgan fingerprint density at radius 1 is 1.34 bits per heavy atom. The van der Waals surface area contributed by atoms with Crippen molar-refractivity contribution >= 4 is 50.3 Å². The van der Waals surface area contributed by atoms with Gasteiger partial charge in [-0.25, -0.2) is 4.98 Å². The van der Waals surface area contributed by atoms with E-state index in [1.54, 1.807) is 26.0 Å². The number of hydrogen-bond donors (Lipinski definition) is 0. The molecule has 2 aromatic carbocycles. The lowest BCUT2D eigenvalue weighted by Crippen LogP contribution is -2.22. The first-order valence-corrected chi connectivity index (χ1v) is 11.3. The quantitative estimate of drug-likeness (QED) is 0.214. The molecule has 8 nitrogen and oxygen atoms in total. The third-order valence-corrected chi connectivity index (χ3v) is 5.32. The van der Waals surface area contributed by atoms with Crippen LogP contribution in [0, 0.1) is 10.1 Å². The number of ether oxygens (including phenoxy) is 1. The fourth-order valence-electron chi connectivity index (χ4n) is 3.10. The SMILES string of the molecule is CCCCc1nc2ccc(Br)cc2c(=O)n1N=Cc1cc(Cl)c(OC(C)C)c([N+](=O)[O-])c1. The molecule has 0 saturated heterocycles. The van der Waals surface area contributed by atoms with E-state index in [1.165, 1.54) is 23.0 Å². The third-order valence-electron chi connectivity index (χ3n) is 4.55. The highest BCUT2D eigenvalue weighted by Gasteiger charge is 2.21. The van der Waals surface area contributed by atoms with Crippen LogP contribution in [-0.2, 0) is 6.42 Å². The van der Waals surface area contributed by atoms with Gasteiger partial charge in [-0.3, -0.25) is 14.9 Å². The van der Waals surface area contributed by atoms with Gasteiger partial charge in [-0.15, -0.1) is 0 Å². The van der Waals surface area contributed by atoms with E-state index in [0.29, 0.717) is 28.7 Å². The van der Waals surface area contributed by atoms with Crippen LogP contribution in [0.15, 0.2) is 44.7 Å². The fourth-order valence-corrected chi connectivity index (χ4v) is 3.73. The zero-order valence-corrected chi connectivity index (χ0v) is 20.2. The number of hydrogen-bond acceptors (Lipinski definition) is 6. The van der Waals surface area contributed by atoms with E-state index < -0.39 is 4.92 Å². The molecule has 0 spiro atoms. The van der Waals surface area contributed by atoms with E-state index in [2.05, 4.69) is 26.0 Å². The van der Waals surface area contributed by atoms with Crippen LogP contribution in [0.4, 0.5) is 5.69 Å². The van der Waals surface area contributed by atoms with Crippen molar-refractivity contribution in [1.82, 2.24) is 9.66 Å². The minimum absolute atomic E-state index is 0.00170. The van der Waals surface area contributed by atoms with E-state index in [-0.39, 0.29) is 28.1 Å². The van der Waals surface area contributed by atoms with Gasteiger partial charge in [0.2, 0.25) is 5.75 Å². The molecule has 0 amide bonds. The molecule has 0 radical (unpaired) electrons. The highest BCUT2D eigenvalue weighted by Crippen LogP contribution is 2.36. The molecule has 32 heavy (non-hydrogen) atoms. The third kappa shape index (κ3) is 5.34. The Labute approximate surface area is 198 Å². The Morgan fingerprint density at radius 3 is 2.75 bits per heavy atom. The minimum atomic E-state index is -0.561. The minimum Gasteiger partial charge on any atom is -0.483 e. The Hall–Kier alpha value is -2.78. The smallest absolute Gasteiger partial charge is 0.313 e. The van der Waals surface area contributed by atoms with E-state index in [1.807, 2.05) is 13.0 Å². The van der Waals surface area contributed by atoms with Gasteiger partial charge >= 0.3 is 5.69 Å². The van der Waals surface area contributed by atoms with Crippen LogP contribution in [0.25, 0.3) is 10.9 Å². The summed E-state index contributed by atoms with van der Waals surface area (Å²) in [5.41, 5.74) is 0.357. The maximum atomic E-state index is 13.1. The van der Waals surface area contributed by atoms with Crippen molar-refractivity contribution in [3.05, 3.63) is 71.7 Å². The molecule has 10 heteroatoms. The molecule has 0 fully saturated rings. The molecule has 0 atom stereocenters. The molecule has 0 N–H and O–H groups in total. The van der Waals surface area contributed by atoms with Gasteiger partial charge in [-0.2, -0.15) is 9.78 Å². The second-order valence-corrected chi connectivity index (χ2v) is 8.75. The average molecular weight is 522 g/mol. The first-order chi connectivity index (χ1) is 15.2. The number of nitro groups is 1. The van der Waals surface area contributed by atoms with Crippen LogP contribution in [0.5, 0.6) is 5.75 Å². The van der Waals surface area contributed by atoms with E-state index in [9.17, 15) is 14.9 Å². The van der Waals surface area contributed by atoms with Gasteiger partial charge in [-0.1, -0.05) is 40.9 Å². The molecule has 0 aliphatic rings. The Morgan fingerprint density at radius 2 is 2.09 bits per heavy atom. The van der Waals surface area contributed by atoms with Crippen molar-refractivity contribution in [2.45, 2.75) is 46.1 Å². The van der Waals surface area contributed by atoms with Crippen molar-refractivity contribution in [3.8, 4) is 5.75 Å². The summed E-state index contributed by atoms with van der Waals surface area (Å²) in [6, 6.07) is 8.13. The maximum Gasteiger partial charge on any atom is 0.313 e. The fraction of sp³-hybridized carbons (Fsp3) is 0.318. The van der Waals surface area contributed by atoms with Gasteiger partial charge in [0, 0.05) is 22.5 Å². The standard InChI is InChI=1S/C22H22BrClN4O4/c1-4-5-6-20-26-18-8-7-15(23)11-16(18)22(29)27(20)25-12-14-9-17(24)21(32-13(2)3)19(10-14)28(30)31/h7-13H,4-6H2,1-3H3. The summed E-state index contributed by atoms with van der Waals surface area (Å²) in [7, 11) is 0. The summed E-state index contributed by atoms with van der Waals surface area (Å²) in [4.78, 5) is 28.7. The van der Waals surface area contributed by atoms with Gasteiger partial charge in [0.05, 0.1) is 33.2 Å².